The molecule has 2 aromatic carbocycles. The maximum atomic E-state index is 12.5. The van der Waals surface area contributed by atoms with Gasteiger partial charge in [0.1, 0.15) is 5.75 Å². The largest absolute Gasteiger partial charge is 0.497 e. The molecule has 0 aliphatic rings. The molecular formula is C18H18F3NO2. The fraction of sp³-hybridized carbons (Fsp3) is 0.278. The Morgan fingerprint density at radius 3 is 2.17 bits per heavy atom. The number of carbonyl (C=O) groups is 1. The third-order valence-corrected chi connectivity index (χ3v) is 3.64. The van der Waals surface area contributed by atoms with E-state index in [-0.39, 0.29) is 18.4 Å². The predicted molar refractivity (Wildman–Crippen MR) is 84.7 cm³/mol. The quantitative estimate of drug-likeness (QED) is 0.891. The molecule has 1 amide bonds. The number of carbonyl (C=O) groups excluding carboxylic acids is 1. The first-order valence-corrected chi connectivity index (χ1v) is 7.39. The van der Waals surface area contributed by atoms with Crippen LogP contribution in [0.2, 0.25) is 0 Å². The number of alkyl halides is 3. The van der Waals surface area contributed by atoms with Gasteiger partial charge in [0.2, 0.25) is 5.91 Å². The Morgan fingerprint density at radius 2 is 1.67 bits per heavy atom. The van der Waals surface area contributed by atoms with E-state index in [4.69, 9.17) is 4.74 Å². The first kappa shape index (κ1) is 17.8. The van der Waals surface area contributed by atoms with E-state index in [1.165, 1.54) is 12.1 Å². The molecule has 0 saturated carbocycles. The maximum Gasteiger partial charge on any atom is 0.416 e. The van der Waals surface area contributed by atoms with Crippen LogP contribution in [0.25, 0.3) is 0 Å². The lowest BCUT2D eigenvalue weighted by molar-refractivity contribution is -0.137. The lowest BCUT2D eigenvalue weighted by atomic mass is 10.1. The van der Waals surface area contributed by atoms with Gasteiger partial charge < -0.3 is 10.1 Å². The minimum absolute atomic E-state index is 0.189. The van der Waals surface area contributed by atoms with Crippen molar-refractivity contribution in [2.75, 3.05) is 7.11 Å². The molecule has 0 heterocycles. The van der Waals surface area contributed by atoms with Crippen molar-refractivity contribution in [2.24, 2.45) is 0 Å². The molecule has 1 atom stereocenters. The zero-order valence-electron chi connectivity index (χ0n) is 13.4. The number of amides is 1. The van der Waals surface area contributed by atoms with Crippen molar-refractivity contribution < 1.29 is 22.7 Å². The van der Waals surface area contributed by atoms with E-state index in [0.717, 1.165) is 17.7 Å². The van der Waals surface area contributed by atoms with Gasteiger partial charge >= 0.3 is 6.18 Å². The molecule has 0 fully saturated rings. The van der Waals surface area contributed by atoms with E-state index >= 15 is 0 Å². The van der Waals surface area contributed by atoms with E-state index in [9.17, 15) is 18.0 Å². The lowest BCUT2D eigenvalue weighted by Gasteiger charge is -2.15. The Kier molecular flexibility index (Phi) is 5.49. The summed E-state index contributed by atoms with van der Waals surface area (Å²) >= 11 is 0. The highest BCUT2D eigenvalue weighted by Crippen LogP contribution is 2.29. The van der Waals surface area contributed by atoms with Crippen molar-refractivity contribution in [3.05, 3.63) is 65.2 Å². The van der Waals surface area contributed by atoms with Crippen LogP contribution in [0.4, 0.5) is 13.2 Å². The normalized spacial score (nSPS) is 12.5. The number of nitrogens with one attached hydrogen (secondary N) is 1. The van der Waals surface area contributed by atoms with E-state index in [1.807, 2.05) is 0 Å². The average Bonchev–Trinajstić information content (AvgIpc) is 2.54. The zero-order valence-corrected chi connectivity index (χ0v) is 13.4. The molecule has 6 heteroatoms. The number of methoxy groups -OCH3 is 1. The van der Waals surface area contributed by atoms with Gasteiger partial charge in [0.25, 0.3) is 0 Å². The second kappa shape index (κ2) is 7.38. The van der Waals surface area contributed by atoms with E-state index < -0.39 is 11.7 Å². The van der Waals surface area contributed by atoms with Gasteiger partial charge in [-0.1, -0.05) is 24.3 Å². The molecule has 128 valence electrons. The van der Waals surface area contributed by atoms with Gasteiger partial charge in [0, 0.05) is 0 Å². The minimum Gasteiger partial charge on any atom is -0.497 e. The predicted octanol–water partition coefficient (Wildman–Crippen LogP) is 4.13. The van der Waals surface area contributed by atoms with Crippen LogP contribution in [0.3, 0.4) is 0 Å². The molecule has 0 aliphatic carbocycles. The molecule has 24 heavy (non-hydrogen) atoms. The first-order valence-electron chi connectivity index (χ1n) is 7.39. The van der Waals surface area contributed by atoms with Crippen LogP contribution in [-0.2, 0) is 17.4 Å². The fourth-order valence-corrected chi connectivity index (χ4v) is 2.27. The van der Waals surface area contributed by atoms with E-state index in [2.05, 4.69) is 5.32 Å². The Morgan fingerprint density at radius 1 is 1.08 bits per heavy atom. The second-order valence-electron chi connectivity index (χ2n) is 5.43. The minimum atomic E-state index is -4.36. The van der Waals surface area contributed by atoms with Crippen molar-refractivity contribution >= 4 is 5.91 Å². The molecule has 1 unspecified atom stereocenters. The molecular weight excluding hydrogens is 319 g/mol. The first-order chi connectivity index (χ1) is 11.3. The molecule has 2 rings (SSSR count). The Labute approximate surface area is 138 Å². The maximum absolute atomic E-state index is 12.5. The SMILES string of the molecule is COc1ccc(CC(=O)NC(C)c2ccc(C(F)(F)F)cc2)cc1. The van der Waals surface area contributed by atoms with Crippen LogP contribution >= 0.6 is 0 Å². The molecule has 0 aliphatic heterocycles. The molecule has 0 spiro atoms. The van der Waals surface area contributed by atoms with Crippen LogP contribution in [-0.4, -0.2) is 13.0 Å². The standard InChI is InChI=1S/C18H18F3NO2/c1-12(14-5-7-15(8-6-14)18(19,20)21)22-17(23)11-13-3-9-16(24-2)10-4-13/h3-10,12H,11H2,1-2H3,(H,22,23). The Balaban J connectivity index is 1.95. The monoisotopic (exact) mass is 337 g/mol. The van der Waals surface area contributed by atoms with Gasteiger partial charge in [-0.05, 0) is 42.3 Å². The second-order valence-corrected chi connectivity index (χ2v) is 5.43. The fourth-order valence-electron chi connectivity index (χ4n) is 2.27. The molecule has 0 aromatic heterocycles. The molecule has 1 N–H and O–H groups in total. The molecule has 0 bridgehead atoms. The van der Waals surface area contributed by atoms with Gasteiger partial charge in [-0.3, -0.25) is 4.79 Å². The van der Waals surface area contributed by atoms with Gasteiger partial charge in [-0.15, -0.1) is 0 Å². The number of halogens is 3. The molecule has 0 saturated heterocycles. The van der Waals surface area contributed by atoms with Crippen LogP contribution in [0.5, 0.6) is 5.75 Å². The highest BCUT2D eigenvalue weighted by Gasteiger charge is 2.30. The van der Waals surface area contributed by atoms with Gasteiger partial charge in [0.15, 0.2) is 0 Å². The van der Waals surface area contributed by atoms with Crippen LogP contribution in [0.15, 0.2) is 48.5 Å². The molecule has 2 aromatic rings. The highest BCUT2D eigenvalue weighted by molar-refractivity contribution is 5.79. The van der Waals surface area contributed by atoms with Crippen molar-refractivity contribution in [2.45, 2.75) is 25.6 Å². The molecule has 0 radical (unpaired) electrons. The summed E-state index contributed by atoms with van der Waals surface area (Å²) in [6.07, 6.45) is -4.17. The third kappa shape index (κ3) is 4.75. The number of hydrogen-bond acceptors (Lipinski definition) is 2. The highest BCUT2D eigenvalue weighted by atomic mass is 19.4. The van der Waals surface area contributed by atoms with Crippen molar-refractivity contribution in [1.29, 1.82) is 0 Å². The summed E-state index contributed by atoms with van der Waals surface area (Å²) in [7, 11) is 1.56. The van der Waals surface area contributed by atoms with Crippen LogP contribution in [0.1, 0.15) is 29.7 Å². The topological polar surface area (TPSA) is 38.3 Å². The Hall–Kier alpha value is -2.50. The Bertz CT molecular complexity index is 679. The van der Waals surface area contributed by atoms with Crippen molar-refractivity contribution in [3.63, 3.8) is 0 Å². The van der Waals surface area contributed by atoms with Crippen LogP contribution < -0.4 is 10.1 Å². The number of rotatable bonds is 5. The van der Waals surface area contributed by atoms with Gasteiger partial charge in [0.05, 0.1) is 25.1 Å². The smallest absolute Gasteiger partial charge is 0.416 e. The van der Waals surface area contributed by atoms with E-state index in [1.54, 1.807) is 38.3 Å². The summed E-state index contributed by atoms with van der Waals surface area (Å²) in [5, 5.41) is 2.78. The zero-order chi connectivity index (χ0) is 17.7. The number of benzene rings is 2. The summed E-state index contributed by atoms with van der Waals surface area (Å²) in [6, 6.07) is 11.5. The summed E-state index contributed by atoms with van der Waals surface area (Å²) in [4.78, 5) is 12.1. The average molecular weight is 337 g/mol. The number of ether oxygens (including phenoxy) is 1. The number of hydrogen-bond donors (Lipinski definition) is 1. The third-order valence-electron chi connectivity index (χ3n) is 3.64. The summed E-state index contributed by atoms with van der Waals surface area (Å²) in [6.45, 7) is 1.73. The van der Waals surface area contributed by atoms with Crippen LogP contribution in [0, 0.1) is 0 Å². The summed E-state index contributed by atoms with van der Waals surface area (Å²) in [5.41, 5.74) is 0.738. The van der Waals surface area contributed by atoms with Gasteiger partial charge in [-0.2, -0.15) is 13.2 Å². The van der Waals surface area contributed by atoms with Crippen molar-refractivity contribution in [3.8, 4) is 5.75 Å². The van der Waals surface area contributed by atoms with Gasteiger partial charge in [-0.25, -0.2) is 0 Å². The summed E-state index contributed by atoms with van der Waals surface area (Å²) < 4.78 is 42.7. The molecule has 3 nitrogen and oxygen atoms in total. The lowest BCUT2D eigenvalue weighted by Crippen LogP contribution is -2.28. The van der Waals surface area contributed by atoms with Crippen molar-refractivity contribution in [1.82, 2.24) is 5.32 Å². The summed E-state index contributed by atoms with van der Waals surface area (Å²) in [5.74, 6) is 0.504. The van der Waals surface area contributed by atoms with E-state index in [0.29, 0.717) is 11.3 Å².